The molecule has 8 heteroatoms. The minimum Gasteiger partial charge on any atom is -0.356 e. The highest BCUT2D eigenvalue weighted by Crippen LogP contribution is 2.24. The summed E-state index contributed by atoms with van der Waals surface area (Å²) < 4.78 is 36.2. The predicted molar refractivity (Wildman–Crippen MR) is 69.5 cm³/mol. The number of carbonyl (C=O) groups excluding carboxylic acids is 1. The minimum atomic E-state index is -0.756. The number of halogens is 2. The largest absolute Gasteiger partial charge is 0.356 e. The maximum absolute atomic E-state index is 13.6. The van der Waals surface area contributed by atoms with Crippen LogP contribution in [0.5, 0.6) is 0 Å². The molecule has 1 amide bonds. The smallest absolute Gasteiger partial charge is 0.290 e. The maximum atomic E-state index is 13.6. The Morgan fingerprint density at radius 2 is 2.05 bits per heavy atom. The summed E-state index contributed by atoms with van der Waals surface area (Å²) in [6, 6.07) is 5.99. The van der Waals surface area contributed by atoms with Crippen molar-refractivity contribution in [3.05, 3.63) is 59.6 Å². The standard InChI is InChI=1S/C14H9F2N3O3/c15-8-1-2-10(11(16)5-8)13-6-9(19-22-13)7-17-14(20)12-3-4-18-21-12/h1-6H,7H2,(H,17,20). The van der Waals surface area contributed by atoms with Gasteiger partial charge in [0.2, 0.25) is 5.76 Å². The van der Waals surface area contributed by atoms with Crippen molar-refractivity contribution in [2.45, 2.75) is 6.54 Å². The summed E-state index contributed by atoms with van der Waals surface area (Å²) in [5.74, 6) is -1.70. The fraction of sp³-hybridized carbons (Fsp3) is 0.0714. The molecule has 22 heavy (non-hydrogen) atoms. The third kappa shape index (κ3) is 2.85. The molecule has 1 aromatic carbocycles. The van der Waals surface area contributed by atoms with E-state index in [1.54, 1.807) is 0 Å². The highest BCUT2D eigenvalue weighted by molar-refractivity contribution is 5.91. The van der Waals surface area contributed by atoms with Crippen LogP contribution in [-0.2, 0) is 6.54 Å². The van der Waals surface area contributed by atoms with Crippen LogP contribution in [0.25, 0.3) is 11.3 Å². The molecule has 0 fully saturated rings. The Bertz CT molecular complexity index is 800. The molecule has 0 aliphatic rings. The number of carbonyl (C=O) groups is 1. The number of nitrogens with one attached hydrogen (secondary N) is 1. The number of benzene rings is 1. The zero-order chi connectivity index (χ0) is 15.5. The van der Waals surface area contributed by atoms with E-state index >= 15 is 0 Å². The topological polar surface area (TPSA) is 81.2 Å². The number of rotatable bonds is 4. The van der Waals surface area contributed by atoms with Gasteiger partial charge in [-0.1, -0.05) is 10.3 Å². The van der Waals surface area contributed by atoms with E-state index in [1.807, 2.05) is 0 Å². The van der Waals surface area contributed by atoms with Crippen molar-refractivity contribution in [3.63, 3.8) is 0 Å². The first-order chi connectivity index (χ1) is 10.6. The molecule has 0 saturated carbocycles. The van der Waals surface area contributed by atoms with Crippen molar-refractivity contribution in [3.8, 4) is 11.3 Å². The lowest BCUT2D eigenvalue weighted by molar-refractivity contribution is 0.0913. The molecular weight excluding hydrogens is 296 g/mol. The van der Waals surface area contributed by atoms with Gasteiger partial charge in [0, 0.05) is 18.2 Å². The van der Waals surface area contributed by atoms with Crippen LogP contribution in [0, 0.1) is 11.6 Å². The Morgan fingerprint density at radius 1 is 1.18 bits per heavy atom. The SMILES string of the molecule is O=C(NCc1cc(-c2ccc(F)cc2F)on1)c1ccno1. The Labute approximate surface area is 122 Å². The van der Waals surface area contributed by atoms with Crippen molar-refractivity contribution < 1.29 is 22.6 Å². The van der Waals surface area contributed by atoms with E-state index in [0.29, 0.717) is 5.69 Å². The van der Waals surface area contributed by atoms with Gasteiger partial charge in [0.05, 0.1) is 18.3 Å². The van der Waals surface area contributed by atoms with Gasteiger partial charge in [0.15, 0.2) is 5.76 Å². The van der Waals surface area contributed by atoms with Crippen molar-refractivity contribution >= 4 is 5.91 Å². The molecule has 0 saturated heterocycles. The van der Waals surface area contributed by atoms with Crippen LogP contribution in [0.15, 0.2) is 45.6 Å². The summed E-state index contributed by atoms with van der Waals surface area (Å²) in [7, 11) is 0. The molecule has 3 rings (SSSR count). The molecule has 0 bridgehead atoms. The second-order valence-electron chi connectivity index (χ2n) is 4.37. The van der Waals surface area contributed by atoms with Crippen LogP contribution < -0.4 is 5.32 Å². The Morgan fingerprint density at radius 3 is 2.77 bits per heavy atom. The van der Waals surface area contributed by atoms with Crippen LogP contribution in [0.3, 0.4) is 0 Å². The van der Waals surface area contributed by atoms with Gasteiger partial charge in [-0.2, -0.15) is 0 Å². The first-order valence-corrected chi connectivity index (χ1v) is 6.23. The van der Waals surface area contributed by atoms with Gasteiger partial charge >= 0.3 is 0 Å². The molecule has 0 radical (unpaired) electrons. The van der Waals surface area contributed by atoms with Crippen molar-refractivity contribution in [1.82, 2.24) is 15.6 Å². The molecule has 2 heterocycles. The Kier molecular flexibility index (Phi) is 3.65. The van der Waals surface area contributed by atoms with Crippen LogP contribution in [0.2, 0.25) is 0 Å². The van der Waals surface area contributed by atoms with E-state index < -0.39 is 17.5 Å². The number of hydrogen-bond donors (Lipinski definition) is 1. The average Bonchev–Trinajstić information content (AvgIpc) is 3.16. The maximum Gasteiger partial charge on any atom is 0.290 e. The average molecular weight is 305 g/mol. The molecule has 3 aromatic rings. The molecule has 0 unspecified atom stereocenters. The highest BCUT2D eigenvalue weighted by atomic mass is 19.1. The molecule has 2 aromatic heterocycles. The van der Waals surface area contributed by atoms with Gasteiger partial charge in [-0.25, -0.2) is 8.78 Å². The summed E-state index contributed by atoms with van der Waals surface area (Å²) >= 11 is 0. The molecule has 0 aliphatic carbocycles. The Balaban J connectivity index is 1.70. The summed E-state index contributed by atoms with van der Waals surface area (Å²) in [4.78, 5) is 11.6. The van der Waals surface area contributed by atoms with Gasteiger partial charge < -0.3 is 14.4 Å². The minimum absolute atomic E-state index is 0.0614. The van der Waals surface area contributed by atoms with E-state index in [0.717, 1.165) is 12.1 Å². The molecule has 0 atom stereocenters. The molecule has 0 aliphatic heterocycles. The van der Waals surface area contributed by atoms with Crippen LogP contribution in [0.1, 0.15) is 16.2 Å². The lowest BCUT2D eigenvalue weighted by atomic mass is 10.1. The number of nitrogens with zero attached hydrogens (tertiary/aromatic N) is 2. The zero-order valence-corrected chi connectivity index (χ0v) is 11.0. The predicted octanol–water partition coefficient (Wildman–Crippen LogP) is 2.54. The van der Waals surface area contributed by atoms with Crippen LogP contribution in [-0.4, -0.2) is 16.2 Å². The first-order valence-electron chi connectivity index (χ1n) is 6.23. The van der Waals surface area contributed by atoms with Gasteiger partial charge in [0.1, 0.15) is 17.3 Å². The fourth-order valence-corrected chi connectivity index (χ4v) is 1.80. The van der Waals surface area contributed by atoms with E-state index in [9.17, 15) is 13.6 Å². The second kappa shape index (κ2) is 5.76. The van der Waals surface area contributed by atoms with Gasteiger partial charge in [0.25, 0.3) is 5.91 Å². The highest BCUT2D eigenvalue weighted by Gasteiger charge is 2.14. The summed E-state index contributed by atoms with van der Waals surface area (Å²) in [5.41, 5.74) is 0.466. The zero-order valence-electron chi connectivity index (χ0n) is 11.0. The van der Waals surface area contributed by atoms with Crippen molar-refractivity contribution in [1.29, 1.82) is 0 Å². The van der Waals surface area contributed by atoms with Gasteiger partial charge in [-0.3, -0.25) is 4.79 Å². The second-order valence-corrected chi connectivity index (χ2v) is 4.37. The normalized spacial score (nSPS) is 10.6. The third-order valence-electron chi connectivity index (χ3n) is 2.85. The van der Waals surface area contributed by atoms with E-state index in [2.05, 4.69) is 15.6 Å². The van der Waals surface area contributed by atoms with Gasteiger partial charge in [-0.15, -0.1) is 0 Å². The Hall–Kier alpha value is -3.03. The van der Waals surface area contributed by atoms with Crippen molar-refractivity contribution in [2.24, 2.45) is 0 Å². The van der Waals surface area contributed by atoms with Crippen LogP contribution >= 0.6 is 0 Å². The molecular formula is C14H9F2N3O3. The summed E-state index contributed by atoms with van der Waals surface area (Å²) in [5, 5.41) is 9.67. The molecule has 112 valence electrons. The van der Waals surface area contributed by atoms with E-state index in [1.165, 1.54) is 24.4 Å². The lowest BCUT2D eigenvalue weighted by Gasteiger charge is -1.98. The van der Waals surface area contributed by atoms with Crippen LogP contribution in [0.4, 0.5) is 8.78 Å². The van der Waals surface area contributed by atoms with Gasteiger partial charge in [-0.05, 0) is 12.1 Å². The van der Waals surface area contributed by atoms with E-state index in [4.69, 9.17) is 9.05 Å². The fourth-order valence-electron chi connectivity index (χ4n) is 1.80. The number of amides is 1. The number of hydrogen-bond acceptors (Lipinski definition) is 5. The summed E-state index contributed by atoms with van der Waals surface area (Å²) in [6.07, 6.45) is 1.35. The number of aromatic nitrogens is 2. The monoisotopic (exact) mass is 305 g/mol. The summed E-state index contributed by atoms with van der Waals surface area (Å²) in [6.45, 7) is 0.0614. The molecule has 0 spiro atoms. The third-order valence-corrected chi connectivity index (χ3v) is 2.85. The lowest BCUT2D eigenvalue weighted by Crippen LogP contribution is -2.22. The van der Waals surface area contributed by atoms with E-state index in [-0.39, 0.29) is 23.6 Å². The van der Waals surface area contributed by atoms with Crippen molar-refractivity contribution in [2.75, 3.05) is 0 Å². The quantitative estimate of drug-likeness (QED) is 0.801. The first kappa shape index (κ1) is 13.9. The molecule has 6 nitrogen and oxygen atoms in total. The molecule has 1 N–H and O–H groups in total.